The zero-order valence-electron chi connectivity index (χ0n) is 9.16. The lowest BCUT2D eigenvalue weighted by molar-refractivity contribution is -0.273. The second-order valence-electron chi connectivity index (χ2n) is 4.12. The van der Waals surface area contributed by atoms with Crippen LogP contribution in [0.25, 0.3) is 0 Å². The Morgan fingerprint density at radius 1 is 1.28 bits per heavy atom. The van der Waals surface area contributed by atoms with Gasteiger partial charge in [0.2, 0.25) is 5.72 Å². The van der Waals surface area contributed by atoms with Crippen LogP contribution >= 0.6 is 12.2 Å². The molecular formula is C11H11F3N2OS. The molecule has 7 heteroatoms. The Morgan fingerprint density at radius 2 is 1.89 bits per heavy atom. The summed E-state index contributed by atoms with van der Waals surface area (Å²) in [5.41, 5.74) is -2.35. The highest BCUT2D eigenvalue weighted by molar-refractivity contribution is 7.80. The van der Waals surface area contributed by atoms with E-state index in [0.29, 0.717) is 5.56 Å². The zero-order chi connectivity index (χ0) is 13.4. The van der Waals surface area contributed by atoms with Crippen LogP contribution in [-0.2, 0) is 0 Å². The third-order valence-corrected chi connectivity index (χ3v) is 3.02. The Balaban J connectivity index is 2.28. The number of rotatable bonds is 1. The van der Waals surface area contributed by atoms with E-state index < -0.39 is 24.4 Å². The first-order valence-electron chi connectivity index (χ1n) is 5.24. The molecule has 0 saturated carbocycles. The first-order valence-corrected chi connectivity index (χ1v) is 5.65. The summed E-state index contributed by atoms with van der Waals surface area (Å²) >= 11 is 4.72. The van der Waals surface area contributed by atoms with Crippen molar-refractivity contribution < 1.29 is 18.3 Å². The maximum Gasteiger partial charge on any atom is 0.436 e. The van der Waals surface area contributed by atoms with Crippen molar-refractivity contribution in [3.05, 3.63) is 35.9 Å². The van der Waals surface area contributed by atoms with Gasteiger partial charge in [-0.25, -0.2) is 0 Å². The standard InChI is InChI=1S/C11H11F3N2OS/c12-11(13,14)10(17)6-8(15-9(18)16-10)7-4-2-1-3-5-7/h1-5,8,17H,6H2,(H2,15,16,18)/t8-,10-/m0/s1. The van der Waals surface area contributed by atoms with E-state index >= 15 is 0 Å². The van der Waals surface area contributed by atoms with Crippen LogP contribution in [0, 0.1) is 0 Å². The van der Waals surface area contributed by atoms with Crippen LogP contribution in [0.15, 0.2) is 30.3 Å². The molecule has 1 saturated heterocycles. The van der Waals surface area contributed by atoms with Crippen LogP contribution in [0.2, 0.25) is 0 Å². The highest BCUT2D eigenvalue weighted by Gasteiger charge is 2.57. The molecule has 98 valence electrons. The molecule has 0 bridgehead atoms. The van der Waals surface area contributed by atoms with Crippen molar-refractivity contribution in [3.8, 4) is 0 Å². The van der Waals surface area contributed by atoms with Crippen LogP contribution in [0.4, 0.5) is 13.2 Å². The van der Waals surface area contributed by atoms with E-state index in [1.54, 1.807) is 30.3 Å². The lowest BCUT2D eigenvalue weighted by Gasteiger charge is -2.40. The predicted molar refractivity (Wildman–Crippen MR) is 63.7 cm³/mol. The van der Waals surface area contributed by atoms with E-state index in [1.807, 2.05) is 5.32 Å². The zero-order valence-corrected chi connectivity index (χ0v) is 9.98. The third-order valence-electron chi connectivity index (χ3n) is 2.80. The highest BCUT2D eigenvalue weighted by atomic mass is 32.1. The number of hydrogen-bond acceptors (Lipinski definition) is 2. The summed E-state index contributed by atoms with van der Waals surface area (Å²) in [7, 11) is 0. The SMILES string of the molecule is O[C@]1(C(F)(F)F)C[C@@H](c2ccccc2)NC(=S)N1. The molecule has 18 heavy (non-hydrogen) atoms. The first kappa shape index (κ1) is 13.1. The third kappa shape index (κ3) is 2.41. The van der Waals surface area contributed by atoms with Gasteiger partial charge in [0.15, 0.2) is 5.11 Å². The average Bonchev–Trinajstić information content (AvgIpc) is 2.27. The van der Waals surface area contributed by atoms with Gasteiger partial charge in [0.05, 0.1) is 6.04 Å². The number of nitrogens with one attached hydrogen (secondary N) is 2. The van der Waals surface area contributed by atoms with Crippen LogP contribution in [0.5, 0.6) is 0 Å². The Hall–Kier alpha value is -1.34. The largest absolute Gasteiger partial charge is 0.436 e. The van der Waals surface area contributed by atoms with Gasteiger partial charge in [-0.2, -0.15) is 13.2 Å². The highest BCUT2D eigenvalue weighted by Crippen LogP contribution is 2.37. The van der Waals surface area contributed by atoms with E-state index in [9.17, 15) is 18.3 Å². The van der Waals surface area contributed by atoms with E-state index in [2.05, 4.69) is 5.32 Å². The molecule has 0 aliphatic carbocycles. The van der Waals surface area contributed by atoms with Crippen molar-refractivity contribution in [1.82, 2.24) is 10.6 Å². The maximum absolute atomic E-state index is 12.8. The lowest BCUT2D eigenvalue weighted by Crippen LogP contribution is -2.66. The number of aliphatic hydroxyl groups is 1. The molecule has 3 N–H and O–H groups in total. The molecule has 2 rings (SSSR count). The van der Waals surface area contributed by atoms with Gasteiger partial charge in [0, 0.05) is 6.42 Å². The van der Waals surface area contributed by atoms with Crippen LogP contribution in [-0.4, -0.2) is 22.1 Å². The smallest absolute Gasteiger partial charge is 0.363 e. The molecule has 2 atom stereocenters. The minimum atomic E-state index is -4.79. The molecule has 0 unspecified atom stereocenters. The predicted octanol–water partition coefficient (Wildman–Crippen LogP) is 1.85. The fraction of sp³-hybridized carbons (Fsp3) is 0.364. The Bertz CT molecular complexity index is 451. The molecular weight excluding hydrogens is 265 g/mol. The minimum Gasteiger partial charge on any atom is -0.363 e. The molecule has 0 aromatic heterocycles. The summed E-state index contributed by atoms with van der Waals surface area (Å²) in [4.78, 5) is 0. The molecule has 1 aromatic carbocycles. The summed E-state index contributed by atoms with van der Waals surface area (Å²) < 4.78 is 38.4. The van der Waals surface area contributed by atoms with E-state index in [0.717, 1.165) is 0 Å². The molecule has 0 amide bonds. The van der Waals surface area contributed by atoms with Crippen molar-refractivity contribution in [2.24, 2.45) is 0 Å². The first-order chi connectivity index (χ1) is 8.32. The van der Waals surface area contributed by atoms with Gasteiger partial charge in [-0.15, -0.1) is 0 Å². The van der Waals surface area contributed by atoms with Gasteiger partial charge in [-0.3, -0.25) is 0 Å². The lowest BCUT2D eigenvalue weighted by atomic mass is 9.94. The van der Waals surface area contributed by atoms with Crippen molar-refractivity contribution in [3.63, 3.8) is 0 Å². The number of benzene rings is 1. The van der Waals surface area contributed by atoms with Crippen molar-refractivity contribution in [1.29, 1.82) is 0 Å². The van der Waals surface area contributed by atoms with Crippen molar-refractivity contribution >= 4 is 17.3 Å². The maximum atomic E-state index is 12.8. The molecule has 0 spiro atoms. The fourth-order valence-electron chi connectivity index (χ4n) is 1.85. The Kier molecular flexibility index (Phi) is 3.20. The number of thiocarbonyl (C=S) groups is 1. The van der Waals surface area contributed by atoms with Gasteiger partial charge in [0.1, 0.15) is 0 Å². The van der Waals surface area contributed by atoms with Crippen molar-refractivity contribution in [2.45, 2.75) is 24.4 Å². The van der Waals surface area contributed by atoms with E-state index in [1.165, 1.54) is 0 Å². The summed E-state index contributed by atoms with van der Waals surface area (Å²) in [5, 5.41) is 14.0. The Morgan fingerprint density at radius 3 is 2.44 bits per heavy atom. The van der Waals surface area contributed by atoms with Crippen LogP contribution in [0.1, 0.15) is 18.0 Å². The van der Waals surface area contributed by atoms with Crippen LogP contribution < -0.4 is 10.6 Å². The molecule has 1 aromatic rings. The number of alkyl halides is 3. The van der Waals surface area contributed by atoms with Gasteiger partial charge < -0.3 is 15.7 Å². The second-order valence-corrected chi connectivity index (χ2v) is 4.53. The van der Waals surface area contributed by atoms with Gasteiger partial charge >= 0.3 is 6.18 Å². The van der Waals surface area contributed by atoms with Gasteiger partial charge in [0.25, 0.3) is 0 Å². The monoisotopic (exact) mass is 276 g/mol. The minimum absolute atomic E-state index is 0.213. The topological polar surface area (TPSA) is 44.3 Å². The summed E-state index contributed by atoms with van der Waals surface area (Å²) in [6.45, 7) is 0. The van der Waals surface area contributed by atoms with E-state index in [4.69, 9.17) is 12.2 Å². The summed E-state index contributed by atoms with van der Waals surface area (Å²) in [5.74, 6) is 0. The molecule has 1 aliphatic rings. The molecule has 1 heterocycles. The molecule has 1 aliphatic heterocycles. The summed E-state index contributed by atoms with van der Waals surface area (Å²) in [6.07, 6.45) is -5.33. The van der Waals surface area contributed by atoms with Gasteiger partial charge in [-0.1, -0.05) is 30.3 Å². The van der Waals surface area contributed by atoms with E-state index in [-0.39, 0.29) is 5.11 Å². The molecule has 1 fully saturated rings. The molecule has 3 nitrogen and oxygen atoms in total. The second kappa shape index (κ2) is 4.40. The molecule has 0 radical (unpaired) electrons. The number of hydrogen-bond donors (Lipinski definition) is 3. The Labute approximate surface area is 107 Å². The van der Waals surface area contributed by atoms with Gasteiger partial charge in [-0.05, 0) is 17.8 Å². The average molecular weight is 276 g/mol. The fourth-order valence-corrected chi connectivity index (χ4v) is 2.16. The summed E-state index contributed by atoms with van der Waals surface area (Å²) in [6, 6.07) is 7.89. The normalized spacial score (nSPS) is 28.4. The van der Waals surface area contributed by atoms with Crippen LogP contribution in [0.3, 0.4) is 0 Å². The number of halogens is 3. The van der Waals surface area contributed by atoms with Crippen molar-refractivity contribution in [2.75, 3.05) is 0 Å². The quantitative estimate of drug-likeness (QED) is 0.685.